The van der Waals surface area contributed by atoms with E-state index in [0.29, 0.717) is 0 Å². The minimum absolute atomic E-state index is 0. The lowest BCUT2D eigenvalue weighted by Crippen LogP contribution is -1.96. The molecule has 4 heterocycles. The van der Waals surface area contributed by atoms with Crippen LogP contribution in [-0.2, 0) is 0 Å². The van der Waals surface area contributed by atoms with E-state index in [1.54, 1.807) is 0 Å². The Labute approximate surface area is 551 Å². The van der Waals surface area contributed by atoms with Crippen LogP contribution in [0.25, 0.3) is 166 Å². The zero-order chi connectivity index (χ0) is 59.6. The normalized spacial score (nSPS) is 11.6. The molecular formula is C87H63IN4. The molecule has 0 amide bonds. The molecule has 18 aromatic rings. The van der Waals surface area contributed by atoms with Crippen molar-refractivity contribution in [2.24, 2.45) is 0 Å². The molecule has 0 saturated carbocycles. The lowest BCUT2D eigenvalue weighted by atomic mass is 9.84. The van der Waals surface area contributed by atoms with Gasteiger partial charge in [0.15, 0.2) is 0 Å². The third kappa shape index (κ3) is 8.86. The summed E-state index contributed by atoms with van der Waals surface area (Å²) >= 11 is 0. The lowest BCUT2D eigenvalue weighted by Gasteiger charge is -2.20. The zero-order valence-corrected chi connectivity index (χ0v) is 52.5. The van der Waals surface area contributed by atoms with Crippen molar-refractivity contribution in [1.29, 1.82) is 0 Å². The molecule has 14 aromatic carbocycles. The first kappa shape index (κ1) is 56.3. The average molecular weight is 1290 g/mol. The fraction of sp³-hybridized carbons (Fsp3) is 0.0345. The summed E-state index contributed by atoms with van der Waals surface area (Å²) in [6, 6.07) is 117. The number of nitrogens with zero attached hydrogens (tertiary/aromatic N) is 4. The second-order valence-electron chi connectivity index (χ2n) is 24.1. The van der Waals surface area contributed by atoms with Gasteiger partial charge in [0, 0.05) is 65.8 Å². The van der Waals surface area contributed by atoms with E-state index in [-0.39, 0.29) is 31.4 Å². The number of rotatable bonds is 9. The summed E-state index contributed by atoms with van der Waals surface area (Å²) in [6.07, 6.45) is 0. The van der Waals surface area contributed by atoms with Gasteiger partial charge in [-0.15, -0.1) is 24.0 Å². The Morgan fingerprint density at radius 1 is 0.185 bits per heavy atom. The highest BCUT2D eigenvalue weighted by atomic mass is 127. The van der Waals surface area contributed by atoms with Crippen molar-refractivity contribution in [2.75, 3.05) is 0 Å². The van der Waals surface area contributed by atoms with E-state index < -0.39 is 0 Å². The van der Waals surface area contributed by atoms with Gasteiger partial charge in [0.2, 0.25) is 0 Å². The third-order valence-electron chi connectivity index (χ3n) is 19.1. The molecule has 18 rings (SSSR count). The molecule has 0 spiro atoms. The largest absolute Gasteiger partial charge is 0.309 e. The van der Waals surface area contributed by atoms with Gasteiger partial charge in [-0.3, -0.25) is 0 Å². The fourth-order valence-corrected chi connectivity index (χ4v) is 14.9. The molecule has 0 unspecified atom stereocenters. The van der Waals surface area contributed by atoms with Crippen molar-refractivity contribution in [3.8, 4) is 78.4 Å². The maximum Gasteiger partial charge on any atom is 0.0541 e. The van der Waals surface area contributed by atoms with Crippen molar-refractivity contribution in [3.05, 3.63) is 327 Å². The van der Waals surface area contributed by atoms with Gasteiger partial charge in [-0.25, -0.2) is 0 Å². The minimum atomic E-state index is 0. The van der Waals surface area contributed by atoms with Crippen molar-refractivity contribution in [2.45, 2.75) is 21.3 Å². The van der Waals surface area contributed by atoms with Crippen LogP contribution < -0.4 is 0 Å². The first-order chi connectivity index (χ1) is 44.5. The van der Waals surface area contributed by atoms with Gasteiger partial charge >= 0.3 is 0 Å². The van der Waals surface area contributed by atoms with Gasteiger partial charge < -0.3 is 18.3 Å². The number of halogens is 1. The van der Waals surface area contributed by atoms with Crippen LogP contribution in [0.4, 0.5) is 0 Å². The van der Waals surface area contributed by atoms with Crippen LogP contribution in [0.15, 0.2) is 315 Å². The van der Waals surface area contributed by atoms with Crippen LogP contribution in [0.1, 0.15) is 18.6 Å². The molecule has 4 nitrogen and oxygen atoms in total. The molecule has 0 bridgehead atoms. The summed E-state index contributed by atoms with van der Waals surface area (Å²) in [6.45, 7) is 4.66. The van der Waals surface area contributed by atoms with Crippen molar-refractivity contribution in [1.82, 2.24) is 18.3 Å². The summed E-state index contributed by atoms with van der Waals surface area (Å²) in [5, 5.41) is 9.81. The Hall–Kier alpha value is -11.0. The van der Waals surface area contributed by atoms with Crippen molar-refractivity contribution in [3.63, 3.8) is 0 Å². The first-order valence-electron chi connectivity index (χ1n) is 31.1. The molecule has 92 heavy (non-hydrogen) atoms. The first-order valence-corrected chi connectivity index (χ1v) is 31.1. The van der Waals surface area contributed by atoms with Gasteiger partial charge in [0.1, 0.15) is 0 Å². The van der Waals surface area contributed by atoms with Crippen LogP contribution >= 0.6 is 24.0 Å². The second kappa shape index (κ2) is 22.5. The predicted molar refractivity (Wildman–Crippen MR) is 403 cm³/mol. The Morgan fingerprint density at radius 3 is 0.609 bits per heavy atom. The third-order valence-corrected chi connectivity index (χ3v) is 19.1. The molecule has 0 aliphatic heterocycles. The average Bonchev–Trinajstić information content (AvgIpc) is 1.45. The highest BCUT2D eigenvalue weighted by Crippen LogP contribution is 2.46. The quantitative estimate of drug-likeness (QED) is 0.128. The number of benzene rings is 14. The highest BCUT2D eigenvalue weighted by Gasteiger charge is 2.23. The smallest absolute Gasteiger partial charge is 0.0541 e. The lowest BCUT2D eigenvalue weighted by molar-refractivity contribution is 1.18. The summed E-state index contributed by atoms with van der Waals surface area (Å²) in [5.41, 5.74) is 28.3. The van der Waals surface area contributed by atoms with E-state index >= 15 is 0 Å². The zero-order valence-electron chi connectivity index (χ0n) is 50.2. The predicted octanol–water partition coefficient (Wildman–Crippen LogP) is 24.3. The molecular weight excluding hydrogens is 1230 g/mol. The van der Waals surface area contributed by atoms with E-state index in [4.69, 9.17) is 0 Å². The number of aromatic nitrogens is 4. The molecule has 0 aliphatic carbocycles. The van der Waals surface area contributed by atoms with Crippen LogP contribution in [0.2, 0.25) is 0 Å². The van der Waals surface area contributed by atoms with Crippen molar-refractivity contribution < 1.29 is 0 Å². The monoisotopic (exact) mass is 1290 g/mol. The number of para-hydroxylation sites is 8. The molecule has 0 atom stereocenters. The van der Waals surface area contributed by atoms with E-state index in [0.717, 1.165) is 33.9 Å². The molecule has 0 saturated heterocycles. The Kier molecular flexibility index (Phi) is 13.8. The van der Waals surface area contributed by atoms with E-state index in [1.807, 2.05) is 0 Å². The fourth-order valence-electron chi connectivity index (χ4n) is 14.9. The van der Waals surface area contributed by atoms with Gasteiger partial charge in [-0.2, -0.15) is 0 Å². The summed E-state index contributed by atoms with van der Waals surface area (Å²) in [7, 11) is 0. The van der Waals surface area contributed by atoms with Gasteiger partial charge in [-0.1, -0.05) is 177 Å². The highest BCUT2D eigenvalue weighted by molar-refractivity contribution is 14.0. The second-order valence-corrected chi connectivity index (χ2v) is 24.1. The molecule has 0 radical (unpaired) electrons. The Balaban J connectivity index is 0.00000337. The van der Waals surface area contributed by atoms with Gasteiger partial charge in [0.05, 0.1) is 44.1 Å². The van der Waals surface area contributed by atoms with Crippen LogP contribution in [0.5, 0.6) is 0 Å². The number of fused-ring (bicyclic) bond motifs is 12. The Morgan fingerprint density at radius 2 is 0.380 bits per heavy atom. The SMILES string of the molecule is C.Cc1c(-c2ccc3c(c2)c2ccccc2n3-c2ccccc2)cc(-c2cc(-c3ccc4c(c3)c3ccccc3n4-c3ccccc3)c(C)c(-c3ccc4c(c3)c3ccccc3n4-c3ccccc3)c2)cc1-c1ccc2c(c1)c1ccccc1n2-c1ccccc1.I. The Bertz CT molecular complexity index is 5190. The van der Waals surface area contributed by atoms with Crippen LogP contribution in [-0.4, -0.2) is 18.3 Å². The standard InChI is InChI=1S/C86H58N4.CH4.HI/c1-55-71(57-39-43-83-75(47-57)67-31-15-19-35-79(67)87(83)63-23-7-3-8-24-63)51-61(52-72(55)58-40-44-84-76(48-58)68-32-16-20-36-80(68)88(84)64-25-9-4-10-26-64)62-53-73(59-41-45-85-77(49-59)69-33-17-21-37-81(69)89(85)65-27-11-5-12-28-65)56(2)74(54-62)60-42-46-86-78(50-60)70-34-18-22-38-82(70)90(86)66-29-13-6-14-30-66;;/h3-54H,1-2H3;1H4;1H. The number of hydrogen-bond donors (Lipinski definition) is 0. The van der Waals surface area contributed by atoms with E-state index in [2.05, 4.69) is 348 Å². The molecule has 0 fully saturated rings. The summed E-state index contributed by atoms with van der Waals surface area (Å²) in [5.74, 6) is 0. The molecule has 0 aliphatic rings. The molecule has 5 heteroatoms. The van der Waals surface area contributed by atoms with Crippen LogP contribution in [0, 0.1) is 13.8 Å². The van der Waals surface area contributed by atoms with E-state index in [9.17, 15) is 0 Å². The van der Waals surface area contributed by atoms with Gasteiger partial charge in [0.25, 0.3) is 0 Å². The molecule has 0 N–H and O–H groups in total. The summed E-state index contributed by atoms with van der Waals surface area (Å²) < 4.78 is 9.64. The van der Waals surface area contributed by atoms with Crippen LogP contribution in [0.3, 0.4) is 0 Å². The maximum absolute atomic E-state index is 2.47. The minimum Gasteiger partial charge on any atom is -0.309 e. The number of hydrogen-bond acceptors (Lipinski definition) is 0. The van der Waals surface area contributed by atoms with Crippen molar-refractivity contribution >= 4 is 111 Å². The topological polar surface area (TPSA) is 19.7 Å². The molecule has 438 valence electrons. The maximum atomic E-state index is 2.47. The molecule has 4 aromatic heterocycles. The summed E-state index contributed by atoms with van der Waals surface area (Å²) in [4.78, 5) is 0. The van der Waals surface area contributed by atoms with E-state index in [1.165, 1.54) is 143 Å². The van der Waals surface area contributed by atoms with Gasteiger partial charge in [-0.05, 0) is 226 Å².